The summed E-state index contributed by atoms with van der Waals surface area (Å²) >= 11 is 0. The van der Waals surface area contributed by atoms with E-state index in [4.69, 9.17) is 0 Å². The minimum Gasteiger partial charge on any atom is -0.743 e. The van der Waals surface area contributed by atoms with Crippen molar-refractivity contribution in [3.05, 3.63) is 35.9 Å². The third kappa shape index (κ3) is 6.67. The van der Waals surface area contributed by atoms with Crippen LogP contribution in [0.1, 0.15) is 5.56 Å². The van der Waals surface area contributed by atoms with Crippen LogP contribution >= 0.6 is 0 Å². The Morgan fingerprint density at radius 1 is 1.00 bits per heavy atom. The van der Waals surface area contributed by atoms with Gasteiger partial charge in [-0.05, 0) is 0 Å². The molecule has 0 radical (unpaired) electrons. The Hall–Kier alpha value is -1.26. The van der Waals surface area contributed by atoms with Gasteiger partial charge in [0.1, 0.15) is 6.54 Å². The molecule has 1 aromatic rings. The fourth-order valence-corrected chi connectivity index (χ4v) is 1.56. The van der Waals surface area contributed by atoms with Crippen molar-refractivity contribution in [2.75, 3.05) is 21.1 Å². The van der Waals surface area contributed by atoms with Crippen molar-refractivity contribution in [1.82, 2.24) is 0 Å². The van der Waals surface area contributed by atoms with Gasteiger partial charge in [0.25, 0.3) is 0 Å². The maximum absolute atomic E-state index is 11.4. The van der Waals surface area contributed by atoms with Crippen molar-refractivity contribution in [3.63, 3.8) is 0 Å². The molecule has 0 aromatic heterocycles. The quantitative estimate of drug-likeness (QED) is 0.479. The van der Waals surface area contributed by atoms with Crippen molar-refractivity contribution < 1.29 is 39.4 Å². The third-order valence-electron chi connectivity index (χ3n) is 2.14. The molecule has 0 aliphatic carbocycles. The van der Waals surface area contributed by atoms with Crippen molar-refractivity contribution in [2.24, 2.45) is 0 Å². The highest BCUT2D eigenvalue weighted by Gasteiger charge is 2.63. The van der Waals surface area contributed by atoms with Crippen LogP contribution in [0.2, 0.25) is 0 Å². The Bertz CT molecular complexity index is 565. The number of hydrogen-bond donors (Lipinski definition) is 0. The second kappa shape index (κ2) is 6.88. The van der Waals surface area contributed by atoms with Crippen LogP contribution in [-0.4, -0.2) is 50.0 Å². The maximum atomic E-state index is 11.4. The van der Waals surface area contributed by atoms with Gasteiger partial charge in [-0.25, -0.2) is 8.42 Å². The topological polar surface area (TPSA) is 57.2 Å². The number of nitrogens with zero attached hydrogens (tertiary/aromatic N) is 1. The van der Waals surface area contributed by atoms with Gasteiger partial charge < -0.3 is 9.04 Å². The summed E-state index contributed by atoms with van der Waals surface area (Å²) in [6.07, 6.45) is -6.35. The van der Waals surface area contributed by atoms with Gasteiger partial charge in [-0.15, -0.1) is 0 Å². The van der Waals surface area contributed by atoms with E-state index in [1.807, 2.05) is 0 Å². The van der Waals surface area contributed by atoms with Gasteiger partial charge in [0, 0.05) is 5.56 Å². The molecule has 1 rings (SSSR count). The first-order valence-electron chi connectivity index (χ1n) is 5.82. The van der Waals surface area contributed by atoms with Crippen LogP contribution in [-0.2, 0) is 16.7 Å². The molecule has 0 N–H and O–H groups in total. The van der Waals surface area contributed by atoms with E-state index in [1.165, 1.54) is 5.56 Å². The molecule has 128 valence electrons. The van der Waals surface area contributed by atoms with Gasteiger partial charge in [0.2, 0.25) is 0 Å². The van der Waals surface area contributed by atoms with Gasteiger partial charge in [0.15, 0.2) is 10.1 Å². The smallest absolute Gasteiger partial charge is 0.468 e. The van der Waals surface area contributed by atoms with E-state index >= 15 is 0 Å². The highest BCUT2D eigenvalue weighted by Crippen LogP contribution is 2.38. The highest BCUT2D eigenvalue weighted by atomic mass is 32.2. The molecule has 22 heavy (non-hydrogen) atoms. The molecule has 0 spiro atoms. The number of halogens is 5. The lowest BCUT2D eigenvalue weighted by molar-refractivity contribution is -0.884. The molecule has 0 unspecified atom stereocenters. The zero-order valence-corrected chi connectivity index (χ0v) is 12.9. The first-order chi connectivity index (χ1) is 9.58. The van der Waals surface area contributed by atoms with Gasteiger partial charge in [0.05, 0.1) is 21.1 Å². The van der Waals surface area contributed by atoms with Crippen LogP contribution < -0.4 is 0 Å². The van der Waals surface area contributed by atoms with E-state index in [0.29, 0.717) is 0 Å². The summed E-state index contributed by atoms with van der Waals surface area (Å²) in [6.45, 7) is 1.10. The summed E-state index contributed by atoms with van der Waals surface area (Å²) in [4.78, 5) is 0. The van der Waals surface area contributed by atoms with E-state index in [1.54, 1.807) is 0 Å². The molecule has 0 aliphatic heterocycles. The standard InChI is InChI=1S/C10H16N.C2HF5O3S/c1-11(2,3)9-10-7-5-4-6-8-10;3-1(4,5)2(6,7)11(8,9)10/h4-8H,9H2,1-3H3;(H,8,9,10)/q+1;/p-1. The molecule has 0 amide bonds. The maximum Gasteiger partial charge on any atom is 0.468 e. The number of rotatable bonds is 3. The molecule has 0 atom stereocenters. The highest BCUT2D eigenvalue weighted by molar-refractivity contribution is 7.86. The lowest BCUT2D eigenvalue weighted by atomic mass is 10.2. The van der Waals surface area contributed by atoms with Crippen LogP contribution in [0.3, 0.4) is 0 Å². The molecule has 1 aromatic carbocycles. The fourth-order valence-electron chi connectivity index (χ4n) is 1.27. The monoisotopic (exact) mass is 349 g/mol. The molecule has 0 bridgehead atoms. The lowest BCUT2D eigenvalue weighted by Gasteiger charge is -2.23. The van der Waals surface area contributed by atoms with Gasteiger partial charge in [-0.1, -0.05) is 30.3 Å². The Labute approximate surface area is 125 Å². The number of alkyl halides is 5. The average molecular weight is 349 g/mol. The summed E-state index contributed by atoms with van der Waals surface area (Å²) in [5, 5.41) is -6.21. The van der Waals surface area contributed by atoms with Gasteiger partial charge in [-0.2, -0.15) is 22.0 Å². The summed E-state index contributed by atoms with van der Waals surface area (Å²) in [5.41, 5.74) is 1.40. The summed E-state index contributed by atoms with van der Waals surface area (Å²) < 4.78 is 84.6. The van der Waals surface area contributed by atoms with Crippen LogP contribution in [0.25, 0.3) is 0 Å². The molecule has 10 heteroatoms. The van der Waals surface area contributed by atoms with E-state index in [9.17, 15) is 34.9 Å². The Morgan fingerprint density at radius 3 is 1.64 bits per heavy atom. The van der Waals surface area contributed by atoms with Crippen molar-refractivity contribution in [3.8, 4) is 0 Å². The number of quaternary nitrogens is 1. The minimum absolute atomic E-state index is 0.990. The molecule has 0 saturated heterocycles. The van der Waals surface area contributed by atoms with Crippen LogP contribution in [0.4, 0.5) is 22.0 Å². The van der Waals surface area contributed by atoms with Crippen molar-refractivity contribution in [2.45, 2.75) is 18.0 Å². The zero-order chi connectivity index (χ0) is 17.8. The molecule has 0 aliphatic rings. The van der Waals surface area contributed by atoms with Gasteiger partial charge >= 0.3 is 11.4 Å². The summed E-state index contributed by atoms with van der Waals surface area (Å²) in [5.74, 6) is 0. The Balaban J connectivity index is 0.000000401. The molecule has 4 nitrogen and oxygen atoms in total. The molecule has 0 fully saturated rings. The Kier molecular flexibility index (Phi) is 6.49. The second-order valence-corrected chi connectivity index (χ2v) is 6.82. The molecule has 0 saturated carbocycles. The normalized spacial score (nSPS) is 13.3. The number of hydrogen-bond acceptors (Lipinski definition) is 3. The minimum atomic E-state index is -6.67. The molecular weight excluding hydrogens is 333 g/mol. The first kappa shape index (κ1) is 20.7. The van der Waals surface area contributed by atoms with Crippen molar-refractivity contribution >= 4 is 10.1 Å². The molecular formula is C12H16F5NO3S. The predicted molar refractivity (Wildman–Crippen MR) is 68.9 cm³/mol. The van der Waals surface area contributed by atoms with Crippen LogP contribution in [0, 0.1) is 0 Å². The fraction of sp³-hybridized carbons (Fsp3) is 0.500. The third-order valence-corrected chi connectivity index (χ3v) is 3.00. The van der Waals surface area contributed by atoms with Crippen LogP contribution in [0.15, 0.2) is 30.3 Å². The second-order valence-electron chi connectivity index (χ2n) is 5.40. The predicted octanol–water partition coefficient (Wildman–Crippen LogP) is 2.58. The largest absolute Gasteiger partial charge is 0.743 e. The zero-order valence-electron chi connectivity index (χ0n) is 12.1. The SMILES string of the molecule is C[N+](C)(C)Cc1ccccc1.O=S(=O)([O-])C(F)(F)C(F)(F)F. The van der Waals surface area contributed by atoms with Crippen molar-refractivity contribution in [1.29, 1.82) is 0 Å². The van der Waals surface area contributed by atoms with E-state index in [2.05, 4.69) is 51.5 Å². The van der Waals surface area contributed by atoms with E-state index in [0.717, 1.165) is 11.0 Å². The Morgan fingerprint density at radius 2 is 1.41 bits per heavy atom. The first-order valence-corrected chi connectivity index (χ1v) is 7.23. The van der Waals surface area contributed by atoms with E-state index in [-0.39, 0.29) is 0 Å². The molecule has 0 heterocycles. The summed E-state index contributed by atoms with van der Waals surface area (Å²) in [7, 11) is -0.0642. The average Bonchev–Trinajstić information content (AvgIpc) is 2.25. The number of benzene rings is 1. The lowest BCUT2D eigenvalue weighted by Crippen LogP contribution is -2.43. The summed E-state index contributed by atoms with van der Waals surface area (Å²) in [6, 6.07) is 10.6. The van der Waals surface area contributed by atoms with Crippen LogP contribution in [0.5, 0.6) is 0 Å². The van der Waals surface area contributed by atoms with E-state index < -0.39 is 21.5 Å². The van der Waals surface area contributed by atoms with Gasteiger partial charge in [-0.3, -0.25) is 0 Å².